The van der Waals surface area contributed by atoms with Crippen LogP contribution in [0.3, 0.4) is 0 Å². The van der Waals surface area contributed by atoms with E-state index in [0.717, 1.165) is 19.4 Å². The molecule has 1 rings (SSSR count). The fraction of sp³-hybridized carbons (Fsp3) is 0.917. The van der Waals surface area contributed by atoms with E-state index in [-0.39, 0.29) is 24.5 Å². The van der Waals surface area contributed by atoms with Crippen molar-refractivity contribution in [1.82, 2.24) is 10.6 Å². The molecule has 0 aromatic rings. The van der Waals surface area contributed by atoms with E-state index in [9.17, 15) is 4.79 Å². The predicted octanol–water partition coefficient (Wildman–Crippen LogP) is -0.112. The van der Waals surface area contributed by atoms with Crippen LogP contribution in [0.1, 0.15) is 26.2 Å². The maximum atomic E-state index is 12.0. The standard InChI is InChI=1S/C12H24N2O3/c1-9-7-10(3-5-13-9)12(16)14-11(4-6-15)8-17-2/h9-11,13,15H,3-8H2,1-2H3,(H,14,16). The highest BCUT2D eigenvalue weighted by molar-refractivity contribution is 5.79. The summed E-state index contributed by atoms with van der Waals surface area (Å²) in [5.74, 6) is 0.179. The predicted molar refractivity (Wildman–Crippen MR) is 65.7 cm³/mol. The summed E-state index contributed by atoms with van der Waals surface area (Å²) in [4.78, 5) is 12.0. The van der Waals surface area contributed by atoms with Gasteiger partial charge in [0.15, 0.2) is 0 Å². The minimum atomic E-state index is -0.0808. The molecular weight excluding hydrogens is 220 g/mol. The minimum absolute atomic E-state index is 0.0664. The lowest BCUT2D eigenvalue weighted by Gasteiger charge is -2.28. The first-order valence-corrected chi connectivity index (χ1v) is 6.31. The van der Waals surface area contributed by atoms with Crippen molar-refractivity contribution in [1.29, 1.82) is 0 Å². The van der Waals surface area contributed by atoms with Crippen LogP contribution in [0.2, 0.25) is 0 Å². The zero-order chi connectivity index (χ0) is 12.7. The number of ether oxygens (including phenoxy) is 1. The van der Waals surface area contributed by atoms with Crippen molar-refractivity contribution >= 4 is 5.91 Å². The number of hydrogen-bond donors (Lipinski definition) is 3. The molecule has 0 aromatic carbocycles. The summed E-state index contributed by atoms with van der Waals surface area (Å²) < 4.78 is 5.03. The molecule has 100 valence electrons. The number of hydrogen-bond acceptors (Lipinski definition) is 4. The molecule has 1 heterocycles. The van der Waals surface area contributed by atoms with Gasteiger partial charge in [0, 0.05) is 25.7 Å². The number of aliphatic hydroxyl groups excluding tert-OH is 1. The van der Waals surface area contributed by atoms with Gasteiger partial charge in [-0.15, -0.1) is 0 Å². The average Bonchev–Trinajstić information content (AvgIpc) is 2.29. The van der Waals surface area contributed by atoms with Crippen LogP contribution in [0, 0.1) is 5.92 Å². The molecule has 0 radical (unpaired) electrons. The van der Waals surface area contributed by atoms with Crippen LogP contribution in [0.4, 0.5) is 0 Å². The first kappa shape index (κ1) is 14.4. The van der Waals surface area contributed by atoms with Crippen molar-refractivity contribution in [2.24, 2.45) is 5.92 Å². The SMILES string of the molecule is COCC(CCO)NC(=O)C1CCNC(C)C1. The second-order valence-electron chi connectivity index (χ2n) is 4.75. The van der Waals surface area contributed by atoms with Crippen molar-refractivity contribution in [2.45, 2.75) is 38.3 Å². The summed E-state index contributed by atoms with van der Waals surface area (Å²) >= 11 is 0. The number of rotatable bonds is 6. The van der Waals surface area contributed by atoms with E-state index in [1.807, 2.05) is 0 Å². The molecule has 17 heavy (non-hydrogen) atoms. The van der Waals surface area contributed by atoms with Crippen LogP contribution in [0.25, 0.3) is 0 Å². The largest absolute Gasteiger partial charge is 0.396 e. The van der Waals surface area contributed by atoms with Crippen LogP contribution in [0.15, 0.2) is 0 Å². The molecule has 0 bridgehead atoms. The Morgan fingerprint density at radius 2 is 2.41 bits per heavy atom. The van der Waals surface area contributed by atoms with Crippen LogP contribution in [0.5, 0.6) is 0 Å². The summed E-state index contributed by atoms with van der Waals surface area (Å²) in [5, 5.41) is 15.2. The summed E-state index contributed by atoms with van der Waals surface area (Å²) in [6.45, 7) is 3.51. The Labute approximate surface area is 103 Å². The third kappa shape index (κ3) is 5.02. The number of carbonyl (C=O) groups is 1. The smallest absolute Gasteiger partial charge is 0.223 e. The van der Waals surface area contributed by atoms with E-state index >= 15 is 0 Å². The van der Waals surface area contributed by atoms with E-state index in [0.29, 0.717) is 19.1 Å². The van der Waals surface area contributed by atoms with Crippen LogP contribution >= 0.6 is 0 Å². The second kappa shape index (κ2) is 7.63. The molecule has 0 aromatic heterocycles. The van der Waals surface area contributed by atoms with Crippen molar-refractivity contribution in [3.05, 3.63) is 0 Å². The first-order chi connectivity index (χ1) is 8.17. The van der Waals surface area contributed by atoms with Gasteiger partial charge in [-0.3, -0.25) is 4.79 Å². The Balaban J connectivity index is 2.39. The normalized spacial score (nSPS) is 26.5. The fourth-order valence-corrected chi connectivity index (χ4v) is 2.24. The zero-order valence-corrected chi connectivity index (χ0v) is 10.7. The number of nitrogens with one attached hydrogen (secondary N) is 2. The van der Waals surface area contributed by atoms with E-state index in [2.05, 4.69) is 17.6 Å². The Hall–Kier alpha value is -0.650. The second-order valence-corrected chi connectivity index (χ2v) is 4.75. The highest BCUT2D eigenvalue weighted by Crippen LogP contribution is 2.16. The highest BCUT2D eigenvalue weighted by Gasteiger charge is 2.26. The van der Waals surface area contributed by atoms with Crippen molar-refractivity contribution in [3.63, 3.8) is 0 Å². The summed E-state index contributed by atoms with van der Waals surface area (Å²) in [6, 6.07) is 0.320. The van der Waals surface area contributed by atoms with Gasteiger partial charge in [0.1, 0.15) is 0 Å². The molecular formula is C12H24N2O3. The summed E-state index contributed by atoms with van der Waals surface area (Å²) in [5.41, 5.74) is 0. The molecule has 1 saturated heterocycles. The van der Waals surface area contributed by atoms with Crippen molar-refractivity contribution < 1.29 is 14.6 Å². The maximum Gasteiger partial charge on any atom is 0.223 e. The lowest BCUT2D eigenvalue weighted by molar-refractivity contribution is -0.127. The number of piperidine rings is 1. The van der Waals surface area contributed by atoms with E-state index < -0.39 is 0 Å². The molecule has 1 amide bonds. The summed E-state index contributed by atoms with van der Waals surface area (Å²) in [6.07, 6.45) is 2.31. The van der Waals surface area contributed by atoms with Gasteiger partial charge in [0.05, 0.1) is 12.6 Å². The minimum Gasteiger partial charge on any atom is -0.396 e. The third-order valence-electron chi connectivity index (χ3n) is 3.19. The molecule has 5 nitrogen and oxygen atoms in total. The maximum absolute atomic E-state index is 12.0. The van der Waals surface area contributed by atoms with E-state index in [1.165, 1.54) is 0 Å². The Bertz CT molecular complexity index is 230. The monoisotopic (exact) mass is 244 g/mol. The molecule has 1 aliphatic rings. The Morgan fingerprint density at radius 3 is 3.00 bits per heavy atom. The lowest BCUT2D eigenvalue weighted by Crippen LogP contribution is -2.46. The van der Waals surface area contributed by atoms with Gasteiger partial charge in [0.25, 0.3) is 0 Å². The van der Waals surface area contributed by atoms with E-state index in [1.54, 1.807) is 7.11 Å². The van der Waals surface area contributed by atoms with E-state index in [4.69, 9.17) is 9.84 Å². The molecule has 3 N–H and O–H groups in total. The van der Waals surface area contributed by atoms with Crippen LogP contribution < -0.4 is 10.6 Å². The Morgan fingerprint density at radius 1 is 1.65 bits per heavy atom. The van der Waals surface area contributed by atoms with Gasteiger partial charge in [0.2, 0.25) is 5.91 Å². The molecule has 0 aliphatic carbocycles. The molecule has 3 atom stereocenters. The number of methoxy groups -OCH3 is 1. The molecule has 0 saturated carbocycles. The molecule has 5 heteroatoms. The first-order valence-electron chi connectivity index (χ1n) is 6.31. The lowest BCUT2D eigenvalue weighted by atomic mass is 9.92. The van der Waals surface area contributed by atoms with Crippen molar-refractivity contribution in [3.8, 4) is 0 Å². The quantitative estimate of drug-likeness (QED) is 0.609. The van der Waals surface area contributed by atoms with Gasteiger partial charge < -0.3 is 20.5 Å². The van der Waals surface area contributed by atoms with Gasteiger partial charge in [-0.1, -0.05) is 0 Å². The molecule has 1 aliphatic heterocycles. The van der Waals surface area contributed by atoms with Gasteiger partial charge in [-0.25, -0.2) is 0 Å². The van der Waals surface area contributed by atoms with Gasteiger partial charge >= 0.3 is 0 Å². The molecule has 0 spiro atoms. The fourth-order valence-electron chi connectivity index (χ4n) is 2.24. The molecule has 3 unspecified atom stereocenters. The number of carbonyl (C=O) groups excluding carboxylic acids is 1. The number of amides is 1. The van der Waals surface area contributed by atoms with Gasteiger partial charge in [-0.2, -0.15) is 0 Å². The van der Waals surface area contributed by atoms with Crippen LogP contribution in [-0.2, 0) is 9.53 Å². The van der Waals surface area contributed by atoms with Crippen LogP contribution in [-0.4, -0.2) is 50.0 Å². The third-order valence-corrected chi connectivity index (χ3v) is 3.19. The van der Waals surface area contributed by atoms with Crippen molar-refractivity contribution in [2.75, 3.05) is 26.9 Å². The average molecular weight is 244 g/mol. The Kier molecular flexibility index (Phi) is 6.47. The highest BCUT2D eigenvalue weighted by atomic mass is 16.5. The zero-order valence-electron chi connectivity index (χ0n) is 10.7. The number of aliphatic hydroxyl groups is 1. The topological polar surface area (TPSA) is 70.6 Å². The van der Waals surface area contributed by atoms with Gasteiger partial charge in [-0.05, 0) is 32.7 Å². The summed E-state index contributed by atoms with van der Waals surface area (Å²) in [7, 11) is 1.60. The molecule has 1 fully saturated rings.